The van der Waals surface area contributed by atoms with Crippen molar-refractivity contribution in [3.63, 3.8) is 0 Å². The van der Waals surface area contributed by atoms with Crippen molar-refractivity contribution in [2.24, 2.45) is 7.05 Å². The van der Waals surface area contributed by atoms with E-state index >= 15 is 0 Å². The van der Waals surface area contributed by atoms with E-state index in [0.29, 0.717) is 19.0 Å². The Bertz CT molecular complexity index is 1400. The topological polar surface area (TPSA) is 85.5 Å². The minimum atomic E-state index is 0.152. The van der Waals surface area contributed by atoms with Crippen molar-refractivity contribution < 1.29 is 4.74 Å². The largest absolute Gasteiger partial charge is 0.461 e. The lowest BCUT2D eigenvalue weighted by molar-refractivity contribution is 0.134. The molecule has 4 aliphatic rings. The van der Waals surface area contributed by atoms with Crippen molar-refractivity contribution in [2.75, 3.05) is 55.7 Å². The predicted molar refractivity (Wildman–Crippen MR) is 152 cm³/mol. The lowest BCUT2D eigenvalue weighted by Gasteiger charge is -2.37. The van der Waals surface area contributed by atoms with E-state index in [2.05, 4.69) is 68.2 Å². The highest BCUT2D eigenvalue weighted by atomic mass is 16.5. The summed E-state index contributed by atoms with van der Waals surface area (Å²) < 4.78 is 8.67. The van der Waals surface area contributed by atoms with Crippen LogP contribution in [0, 0.1) is 11.3 Å². The molecular formula is C30H38N8O. The summed E-state index contributed by atoms with van der Waals surface area (Å²) in [6, 6.07) is 11.7. The highest BCUT2D eigenvalue weighted by Gasteiger charge is 2.49. The van der Waals surface area contributed by atoms with Gasteiger partial charge < -0.3 is 24.4 Å². The maximum absolute atomic E-state index is 9.30. The zero-order valence-corrected chi connectivity index (χ0v) is 22.9. The average molecular weight is 527 g/mol. The molecule has 204 valence electrons. The van der Waals surface area contributed by atoms with Crippen LogP contribution in [0.3, 0.4) is 0 Å². The quantitative estimate of drug-likeness (QED) is 0.502. The van der Waals surface area contributed by atoms with Crippen LogP contribution in [0.4, 0.5) is 11.5 Å². The van der Waals surface area contributed by atoms with Crippen molar-refractivity contribution in [3.8, 4) is 12.1 Å². The first-order chi connectivity index (χ1) is 19.1. The SMILES string of the molecule is Cn1ccc2cccc(N3CCc4c(nc(OCC5(N6CCCC6)CC5)nc4N4CCN[C@@H](CC#N)C4)C3)c21. The Labute approximate surface area is 230 Å². The Morgan fingerprint density at radius 2 is 1.97 bits per heavy atom. The first-order valence-corrected chi connectivity index (χ1v) is 14.6. The van der Waals surface area contributed by atoms with Crippen molar-refractivity contribution in [2.45, 2.75) is 56.7 Å². The molecule has 0 bridgehead atoms. The third-order valence-electron chi connectivity index (χ3n) is 9.21. The lowest BCUT2D eigenvalue weighted by atomic mass is 10.0. The smallest absolute Gasteiger partial charge is 0.318 e. The zero-order chi connectivity index (χ0) is 26.4. The number of aromatic nitrogens is 3. The van der Waals surface area contributed by atoms with Gasteiger partial charge in [0.15, 0.2) is 0 Å². The zero-order valence-electron chi connectivity index (χ0n) is 22.9. The number of benzene rings is 1. The number of hydrogen-bond donors (Lipinski definition) is 1. The molecule has 2 saturated heterocycles. The van der Waals surface area contributed by atoms with E-state index in [1.54, 1.807) is 0 Å². The number of nitriles is 1. The molecule has 1 saturated carbocycles. The van der Waals surface area contributed by atoms with Crippen LogP contribution in [-0.2, 0) is 20.0 Å². The monoisotopic (exact) mass is 526 g/mol. The molecule has 0 spiro atoms. The average Bonchev–Trinajstić information content (AvgIpc) is 3.35. The van der Waals surface area contributed by atoms with E-state index in [9.17, 15) is 5.26 Å². The van der Waals surface area contributed by atoms with Gasteiger partial charge in [-0.1, -0.05) is 12.1 Å². The highest BCUT2D eigenvalue weighted by Crippen LogP contribution is 2.44. The van der Waals surface area contributed by atoms with E-state index in [4.69, 9.17) is 14.7 Å². The van der Waals surface area contributed by atoms with E-state index in [0.717, 1.165) is 50.7 Å². The number of rotatable bonds is 7. The third kappa shape index (κ3) is 4.60. The molecule has 5 heterocycles. The molecule has 2 aromatic heterocycles. The molecular weight excluding hydrogens is 488 g/mol. The summed E-state index contributed by atoms with van der Waals surface area (Å²) in [7, 11) is 2.12. The van der Waals surface area contributed by atoms with E-state index in [1.165, 1.54) is 60.9 Å². The number of ether oxygens (including phenoxy) is 1. The molecule has 39 heavy (non-hydrogen) atoms. The first-order valence-electron chi connectivity index (χ1n) is 14.6. The number of fused-ring (bicyclic) bond motifs is 2. The molecule has 1 atom stereocenters. The second-order valence-corrected chi connectivity index (χ2v) is 11.7. The normalized spacial score (nSPS) is 22.6. The molecule has 3 aliphatic heterocycles. The van der Waals surface area contributed by atoms with Gasteiger partial charge in [0.05, 0.1) is 41.5 Å². The minimum Gasteiger partial charge on any atom is -0.461 e. The summed E-state index contributed by atoms with van der Waals surface area (Å²) in [5.74, 6) is 1.00. The number of para-hydroxylation sites is 1. The standard InChI is InChI=1S/C30H38N8O/c1-35-16-8-22-5-4-6-26(27(22)35)36-17-9-24-25(20-36)33-29(39-21-30(10-11-30)38-14-2-3-15-38)34-28(24)37-18-13-32-23(19-37)7-12-31/h4-6,8,16,23,32H,2-3,7,9-11,13-15,17-21H2,1H3/t23-/m0/s1. The van der Waals surface area contributed by atoms with Gasteiger partial charge in [0.1, 0.15) is 12.4 Å². The summed E-state index contributed by atoms with van der Waals surface area (Å²) in [5.41, 5.74) is 4.98. The number of hydrogen-bond acceptors (Lipinski definition) is 8. The van der Waals surface area contributed by atoms with Gasteiger partial charge in [0.2, 0.25) is 0 Å². The van der Waals surface area contributed by atoms with Crippen LogP contribution in [0.25, 0.3) is 10.9 Å². The molecule has 9 nitrogen and oxygen atoms in total. The fourth-order valence-electron chi connectivity index (χ4n) is 6.86. The van der Waals surface area contributed by atoms with Crippen LogP contribution in [0.5, 0.6) is 6.01 Å². The third-order valence-corrected chi connectivity index (χ3v) is 9.21. The van der Waals surface area contributed by atoms with Gasteiger partial charge >= 0.3 is 6.01 Å². The Morgan fingerprint density at radius 1 is 1.10 bits per heavy atom. The molecule has 0 unspecified atom stereocenters. The fourth-order valence-corrected chi connectivity index (χ4v) is 6.86. The Morgan fingerprint density at radius 3 is 2.79 bits per heavy atom. The van der Waals surface area contributed by atoms with Gasteiger partial charge in [-0.15, -0.1) is 0 Å². The minimum absolute atomic E-state index is 0.152. The second-order valence-electron chi connectivity index (χ2n) is 11.7. The van der Waals surface area contributed by atoms with Crippen LogP contribution >= 0.6 is 0 Å². The molecule has 9 heteroatoms. The Kier molecular flexibility index (Phi) is 6.32. The molecule has 1 aliphatic carbocycles. The molecule has 3 fully saturated rings. The molecule has 3 aromatic rings. The Balaban J connectivity index is 1.20. The molecule has 1 N–H and O–H groups in total. The molecule has 1 aromatic carbocycles. The van der Waals surface area contributed by atoms with Crippen molar-refractivity contribution in [1.29, 1.82) is 5.26 Å². The van der Waals surface area contributed by atoms with E-state index < -0.39 is 0 Å². The number of likely N-dealkylation sites (tertiary alicyclic amines) is 1. The summed E-state index contributed by atoms with van der Waals surface area (Å²) in [5, 5.41) is 14.1. The summed E-state index contributed by atoms with van der Waals surface area (Å²) in [4.78, 5) is 17.5. The number of anilines is 2. The van der Waals surface area contributed by atoms with Gasteiger partial charge in [-0.25, -0.2) is 0 Å². The van der Waals surface area contributed by atoms with Crippen LogP contribution in [-0.4, -0.2) is 76.9 Å². The molecule has 0 radical (unpaired) electrons. The van der Waals surface area contributed by atoms with Crippen LogP contribution in [0.2, 0.25) is 0 Å². The van der Waals surface area contributed by atoms with Gasteiger partial charge in [-0.2, -0.15) is 15.2 Å². The summed E-state index contributed by atoms with van der Waals surface area (Å²) in [6.07, 6.45) is 8.50. The van der Waals surface area contributed by atoms with Gasteiger partial charge in [-0.05, 0) is 57.3 Å². The lowest BCUT2D eigenvalue weighted by Crippen LogP contribution is -2.51. The van der Waals surface area contributed by atoms with Gasteiger partial charge in [0, 0.05) is 56.4 Å². The first kappa shape index (κ1) is 24.7. The summed E-state index contributed by atoms with van der Waals surface area (Å²) >= 11 is 0. The van der Waals surface area contributed by atoms with Crippen molar-refractivity contribution >= 4 is 22.4 Å². The van der Waals surface area contributed by atoms with E-state index in [-0.39, 0.29) is 11.6 Å². The van der Waals surface area contributed by atoms with Crippen molar-refractivity contribution in [3.05, 3.63) is 41.7 Å². The second kappa shape index (κ2) is 10.00. The molecule has 7 rings (SSSR count). The van der Waals surface area contributed by atoms with Crippen molar-refractivity contribution in [1.82, 2.24) is 24.8 Å². The van der Waals surface area contributed by atoms with Crippen LogP contribution < -0.4 is 19.9 Å². The number of nitrogens with zero attached hydrogens (tertiary/aromatic N) is 7. The van der Waals surface area contributed by atoms with Crippen LogP contribution in [0.15, 0.2) is 30.5 Å². The van der Waals surface area contributed by atoms with Crippen LogP contribution in [0.1, 0.15) is 43.4 Å². The Hall–Kier alpha value is -3.35. The fraction of sp³-hybridized carbons (Fsp3) is 0.567. The predicted octanol–water partition coefficient (Wildman–Crippen LogP) is 3.23. The maximum Gasteiger partial charge on any atom is 0.318 e. The molecule has 0 amide bonds. The van der Waals surface area contributed by atoms with Gasteiger partial charge in [0.25, 0.3) is 0 Å². The number of piperazine rings is 1. The number of nitrogens with one attached hydrogen (secondary N) is 1. The summed E-state index contributed by atoms with van der Waals surface area (Å²) in [6.45, 7) is 7.17. The number of aryl methyl sites for hydroxylation is 1. The maximum atomic E-state index is 9.30. The highest BCUT2D eigenvalue weighted by molar-refractivity contribution is 5.92. The van der Waals surface area contributed by atoms with Gasteiger partial charge in [-0.3, -0.25) is 4.90 Å². The van der Waals surface area contributed by atoms with E-state index in [1.807, 2.05) is 0 Å².